The zero-order chi connectivity index (χ0) is 13.1. The maximum absolute atomic E-state index is 6.00. The number of pyridine rings is 1. The summed E-state index contributed by atoms with van der Waals surface area (Å²) < 4.78 is 6.00. The Bertz CT molecular complexity index is 439. The van der Waals surface area contributed by atoms with Crippen molar-refractivity contribution in [1.29, 1.82) is 0 Å². The molecule has 1 fully saturated rings. The van der Waals surface area contributed by atoms with Crippen LogP contribution < -0.4 is 10.5 Å². The summed E-state index contributed by atoms with van der Waals surface area (Å²) in [5, 5.41) is 0. The average molecular weight is 264 g/mol. The number of ether oxygens (including phenoxy) is 1. The Kier molecular flexibility index (Phi) is 4.17. The SMILES string of the molecule is Cc1ccnc(OC2CCC(C)CC2)c1C(N)=S. The van der Waals surface area contributed by atoms with Crippen LogP contribution in [0.2, 0.25) is 0 Å². The third-order valence-corrected chi connectivity index (χ3v) is 3.82. The van der Waals surface area contributed by atoms with Crippen LogP contribution in [0.4, 0.5) is 0 Å². The van der Waals surface area contributed by atoms with Gasteiger partial charge < -0.3 is 10.5 Å². The molecule has 1 aliphatic rings. The molecule has 2 N–H and O–H groups in total. The number of thiocarbonyl (C=S) groups is 1. The van der Waals surface area contributed by atoms with Crippen molar-refractivity contribution >= 4 is 17.2 Å². The molecule has 0 bridgehead atoms. The van der Waals surface area contributed by atoms with Crippen LogP contribution >= 0.6 is 12.2 Å². The zero-order valence-electron chi connectivity index (χ0n) is 11.0. The molecule has 0 atom stereocenters. The Labute approximate surface area is 114 Å². The fraction of sp³-hybridized carbons (Fsp3) is 0.571. The smallest absolute Gasteiger partial charge is 0.224 e. The fourth-order valence-electron chi connectivity index (χ4n) is 2.43. The number of aromatic nitrogens is 1. The first kappa shape index (κ1) is 13.3. The second kappa shape index (κ2) is 5.65. The van der Waals surface area contributed by atoms with Crippen molar-refractivity contribution < 1.29 is 4.74 Å². The Balaban J connectivity index is 2.14. The van der Waals surface area contributed by atoms with Crippen molar-refractivity contribution in [3.8, 4) is 5.88 Å². The Hall–Kier alpha value is -1.16. The van der Waals surface area contributed by atoms with Gasteiger partial charge in [-0.1, -0.05) is 19.1 Å². The van der Waals surface area contributed by atoms with Crippen LogP contribution in [0.1, 0.15) is 43.7 Å². The first-order valence-electron chi connectivity index (χ1n) is 6.50. The number of hydrogen-bond donors (Lipinski definition) is 1. The van der Waals surface area contributed by atoms with Gasteiger partial charge in [-0.15, -0.1) is 0 Å². The van der Waals surface area contributed by atoms with E-state index in [1.807, 2.05) is 13.0 Å². The second-order valence-corrected chi connectivity index (χ2v) is 5.61. The molecule has 0 aliphatic heterocycles. The largest absolute Gasteiger partial charge is 0.474 e. The van der Waals surface area contributed by atoms with E-state index >= 15 is 0 Å². The summed E-state index contributed by atoms with van der Waals surface area (Å²) >= 11 is 5.08. The van der Waals surface area contributed by atoms with Gasteiger partial charge in [0.15, 0.2) is 0 Å². The van der Waals surface area contributed by atoms with Gasteiger partial charge in [0.1, 0.15) is 11.1 Å². The van der Waals surface area contributed by atoms with Crippen LogP contribution in [-0.2, 0) is 0 Å². The molecular weight excluding hydrogens is 244 g/mol. The lowest BCUT2D eigenvalue weighted by Crippen LogP contribution is -2.25. The minimum atomic E-state index is 0.253. The van der Waals surface area contributed by atoms with Crippen molar-refractivity contribution in [3.63, 3.8) is 0 Å². The van der Waals surface area contributed by atoms with Gasteiger partial charge in [0.2, 0.25) is 5.88 Å². The van der Waals surface area contributed by atoms with E-state index < -0.39 is 0 Å². The van der Waals surface area contributed by atoms with Crippen LogP contribution in [0.15, 0.2) is 12.3 Å². The lowest BCUT2D eigenvalue weighted by Gasteiger charge is -2.27. The minimum absolute atomic E-state index is 0.253. The summed E-state index contributed by atoms with van der Waals surface area (Å²) in [6, 6.07) is 1.91. The Morgan fingerprint density at radius 3 is 2.67 bits per heavy atom. The summed E-state index contributed by atoms with van der Waals surface area (Å²) in [7, 11) is 0. The van der Waals surface area contributed by atoms with Crippen molar-refractivity contribution in [2.24, 2.45) is 11.7 Å². The Morgan fingerprint density at radius 2 is 2.06 bits per heavy atom. The molecule has 1 heterocycles. The number of nitrogens with two attached hydrogens (primary N) is 1. The zero-order valence-corrected chi connectivity index (χ0v) is 11.8. The van der Waals surface area contributed by atoms with Crippen molar-refractivity contribution in [3.05, 3.63) is 23.4 Å². The molecule has 0 amide bonds. The van der Waals surface area contributed by atoms with Crippen LogP contribution in [0.3, 0.4) is 0 Å². The predicted octanol–water partition coefficient (Wildman–Crippen LogP) is 2.98. The standard InChI is InChI=1S/C14H20N2OS/c1-9-3-5-11(6-4-9)17-14-12(13(15)18)10(2)7-8-16-14/h7-9,11H,3-6H2,1-2H3,(H2,15,18). The second-order valence-electron chi connectivity index (χ2n) is 5.17. The van der Waals surface area contributed by atoms with E-state index in [0.717, 1.165) is 29.9 Å². The molecule has 98 valence electrons. The highest BCUT2D eigenvalue weighted by molar-refractivity contribution is 7.80. The topological polar surface area (TPSA) is 48.1 Å². The average Bonchev–Trinajstić information content (AvgIpc) is 2.32. The molecule has 1 aliphatic carbocycles. The van der Waals surface area contributed by atoms with Gasteiger partial charge in [-0.05, 0) is 50.2 Å². The molecule has 0 saturated heterocycles. The molecule has 1 aromatic rings. The van der Waals surface area contributed by atoms with E-state index in [-0.39, 0.29) is 6.10 Å². The fourth-order valence-corrected chi connectivity index (χ4v) is 2.68. The lowest BCUT2D eigenvalue weighted by molar-refractivity contribution is 0.130. The molecule has 1 aromatic heterocycles. The maximum atomic E-state index is 6.00. The molecule has 1 saturated carbocycles. The number of hydrogen-bond acceptors (Lipinski definition) is 3. The van der Waals surface area contributed by atoms with Gasteiger partial charge in [-0.3, -0.25) is 0 Å². The van der Waals surface area contributed by atoms with Gasteiger partial charge in [-0.2, -0.15) is 0 Å². The third kappa shape index (κ3) is 2.99. The predicted molar refractivity (Wildman–Crippen MR) is 76.9 cm³/mol. The summed E-state index contributed by atoms with van der Waals surface area (Å²) in [6.07, 6.45) is 6.63. The number of aryl methyl sites for hydroxylation is 1. The molecule has 0 aromatic carbocycles. The van der Waals surface area contributed by atoms with E-state index in [4.69, 9.17) is 22.7 Å². The molecule has 4 heteroatoms. The highest BCUT2D eigenvalue weighted by atomic mass is 32.1. The van der Waals surface area contributed by atoms with E-state index in [9.17, 15) is 0 Å². The highest BCUT2D eigenvalue weighted by Gasteiger charge is 2.22. The molecule has 0 radical (unpaired) electrons. The molecule has 2 rings (SSSR count). The third-order valence-electron chi connectivity index (χ3n) is 3.61. The Morgan fingerprint density at radius 1 is 1.39 bits per heavy atom. The van der Waals surface area contributed by atoms with Crippen LogP contribution in [0.25, 0.3) is 0 Å². The summed E-state index contributed by atoms with van der Waals surface area (Å²) in [6.45, 7) is 4.27. The summed E-state index contributed by atoms with van der Waals surface area (Å²) in [5.74, 6) is 1.41. The van der Waals surface area contributed by atoms with Crippen LogP contribution in [-0.4, -0.2) is 16.1 Å². The number of nitrogens with zero attached hydrogens (tertiary/aromatic N) is 1. The maximum Gasteiger partial charge on any atom is 0.224 e. The number of rotatable bonds is 3. The first-order valence-corrected chi connectivity index (χ1v) is 6.91. The van der Waals surface area contributed by atoms with Gasteiger partial charge in [0.25, 0.3) is 0 Å². The molecule has 3 nitrogen and oxygen atoms in total. The molecule has 0 spiro atoms. The summed E-state index contributed by atoms with van der Waals surface area (Å²) in [4.78, 5) is 4.65. The van der Waals surface area contributed by atoms with E-state index in [1.165, 1.54) is 12.8 Å². The van der Waals surface area contributed by atoms with Gasteiger partial charge >= 0.3 is 0 Å². The van der Waals surface area contributed by atoms with E-state index in [0.29, 0.717) is 10.9 Å². The first-order chi connectivity index (χ1) is 8.58. The molecular formula is C14H20N2OS. The van der Waals surface area contributed by atoms with Crippen molar-refractivity contribution in [2.45, 2.75) is 45.6 Å². The van der Waals surface area contributed by atoms with Gasteiger partial charge in [-0.25, -0.2) is 4.98 Å². The van der Waals surface area contributed by atoms with Crippen molar-refractivity contribution in [1.82, 2.24) is 4.98 Å². The summed E-state index contributed by atoms with van der Waals surface area (Å²) in [5.41, 5.74) is 7.56. The monoisotopic (exact) mass is 264 g/mol. The van der Waals surface area contributed by atoms with Crippen LogP contribution in [0.5, 0.6) is 5.88 Å². The molecule has 18 heavy (non-hydrogen) atoms. The quantitative estimate of drug-likeness (QED) is 0.853. The normalized spacial score (nSPS) is 23.7. The lowest BCUT2D eigenvalue weighted by atomic mass is 9.89. The van der Waals surface area contributed by atoms with E-state index in [2.05, 4.69) is 11.9 Å². The van der Waals surface area contributed by atoms with Crippen LogP contribution in [0, 0.1) is 12.8 Å². The van der Waals surface area contributed by atoms with Crippen molar-refractivity contribution in [2.75, 3.05) is 0 Å². The molecule has 0 unspecified atom stereocenters. The minimum Gasteiger partial charge on any atom is -0.474 e. The van der Waals surface area contributed by atoms with Gasteiger partial charge in [0, 0.05) is 6.20 Å². The van der Waals surface area contributed by atoms with Gasteiger partial charge in [0.05, 0.1) is 5.56 Å². The highest BCUT2D eigenvalue weighted by Crippen LogP contribution is 2.28. The van der Waals surface area contributed by atoms with E-state index in [1.54, 1.807) is 6.20 Å².